The molecule has 0 aliphatic carbocycles. The average Bonchev–Trinajstić information content (AvgIpc) is 2.90. The number of hydrogen-bond acceptors (Lipinski definition) is 4. The van der Waals surface area contributed by atoms with Crippen LogP contribution in [0.2, 0.25) is 10.0 Å². The first kappa shape index (κ1) is 25.9. The number of amides is 1. The van der Waals surface area contributed by atoms with Gasteiger partial charge in [-0.3, -0.25) is 4.79 Å². The highest BCUT2D eigenvalue weighted by Crippen LogP contribution is 2.30. The Morgan fingerprint density at radius 1 is 0.917 bits per heavy atom. The average molecular weight is 584 g/mol. The van der Waals surface area contributed by atoms with Gasteiger partial charge in [0.2, 0.25) is 0 Å². The molecule has 4 aromatic rings. The van der Waals surface area contributed by atoms with Crippen molar-refractivity contribution in [1.29, 1.82) is 0 Å². The molecule has 0 spiro atoms. The van der Waals surface area contributed by atoms with Crippen LogP contribution in [0.1, 0.15) is 22.3 Å². The Labute approximate surface area is 227 Å². The molecule has 182 valence electrons. The Hall–Kier alpha value is -3.16. The number of ether oxygens (including phenoxy) is 1. The van der Waals surface area contributed by atoms with Gasteiger partial charge in [0.25, 0.3) is 5.91 Å². The fourth-order valence-corrected chi connectivity index (χ4v) is 4.37. The van der Waals surface area contributed by atoms with Crippen molar-refractivity contribution in [3.05, 3.63) is 134 Å². The molecule has 5 nitrogen and oxygen atoms in total. The molecule has 0 aromatic heterocycles. The standard InChI is InChI=1S/C28H21BrCl2N2O3/c29-23-15-19(12-14-26(23)36-18-20-11-13-24(30)25(31)16-20)17-32-33-27(34)28(35,21-7-3-1-4-8-21)22-9-5-2-6-10-22/h1-17,35H,18H2,(H,33,34)/b32-17+. The topological polar surface area (TPSA) is 70.9 Å². The summed E-state index contributed by atoms with van der Waals surface area (Å²) in [6.07, 6.45) is 1.49. The van der Waals surface area contributed by atoms with E-state index in [9.17, 15) is 9.90 Å². The molecule has 0 atom stereocenters. The summed E-state index contributed by atoms with van der Waals surface area (Å²) in [6, 6.07) is 28.2. The lowest BCUT2D eigenvalue weighted by atomic mass is 9.85. The van der Waals surface area contributed by atoms with Crippen LogP contribution in [0.15, 0.2) is 107 Å². The number of carbonyl (C=O) groups is 1. The summed E-state index contributed by atoms with van der Waals surface area (Å²) in [4.78, 5) is 13.1. The summed E-state index contributed by atoms with van der Waals surface area (Å²) < 4.78 is 6.57. The molecule has 0 radical (unpaired) electrons. The van der Waals surface area contributed by atoms with Gasteiger partial charge < -0.3 is 9.84 Å². The van der Waals surface area contributed by atoms with Gasteiger partial charge in [0, 0.05) is 0 Å². The fourth-order valence-electron chi connectivity index (χ4n) is 3.54. The van der Waals surface area contributed by atoms with Crippen LogP contribution in [-0.2, 0) is 17.0 Å². The minimum atomic E-state index is -1.90. The van der Waals surface area contributed by atoms with Crippen molar-refractivity contribution in [2.45, 2.75) is 12.2 Å². The van der Waals surface area contributed by atoms with Crippen LogP contribution in [0.25, 0.3) is 0 Å². The fraction of sp³-hybridized carbons (Fsp3) is 0.0714. The molecule has 2 N–H and O–H groups in total. The first-order chi connectivity index (χ1) is 17.4. The number of nitrogens with zero attached hydrogens (tertiary/aromatic N) is 1. The normalized spacial score (nSPS) is 11.4. The third-order valence-corrected chi connectivity index (χ3v) is 6.78. The molecule has 0 fully saturated rings. The van der Waals surface area contributed by atoms with Gasteiger partial charge in [-0.2, -0.15) is 5.10 Å². The molecule has 0 heterocycles. The summed E-state index contributed by atoms with van der Waals surface area (Å²) in [6.45, 7) is 0.316. The molecular weight excluding hydrogens is 563 g/mol. The summed E-state index contributed by atoms with van der Waals surface area (Å²) in [5, 5.41) is 16.5. The molecule has 4 rings (SSSR count). The van der Waals surface area contributed by atoms with Crippen molar-refractivity contribution < 1.29 is 14.6 Å². The first-order valence-electron chi connectivity index (χ1n) is 10.9. The molecule has 0 aliphatic rings. The molecule has 36 heavy (non-hydrogen) atoms. The number of aliphatic hydroxyl groups is 1. The Balaban J connectivity index is 1.45. The summed E-state index contributed by atoms with van der Waals surface area (Å²) >= 11 is 15.5. The van der Waals surface area contributed by atoms with Crippen LogP contribution in [-0.4, -0.2) is 17.2 Å². The van der Waals surface area contributed by atoms with E-state index in [-0.39, 0.29) is 0 Å². The van der Waals surface area contributed by atoms with Crippen molar-refractivity contribution >= 4 is 51.3 Å². The van der Waals surface area contributed by atoms with E-state index in [1.165, 1.54) is 6.21 Å². The number of halogens is 3. The number of rotatable bonds is 8. The number of nitrogens with one attached hydrogen (secondary N) is 1. The van der Waals surface area contributed by atoms with Crippen LogP contribution < -0.4 is 10.2 Å². The Morgan fingerprint density at radius 3 is 2.14 bits per heavy atom. The molecule has 4 aromatic carbocycles. The van der Waals surface area contributed by atoms with Gasteiger partial charge in [-0.05, 0) is 68.5 Å². The summed E-state index contributed by atoms with van der Waals surface area (Å²) in [5.74, 6) is -0.0402. The van der Waals surface area contributed by atoms with Gasteiger partial charge in [0.05, 0.1) is 20.7 Å². The van der Waals surface area contributed by atoms with Crippen molar-refractivity contribution in [2.75, 3.05) is 0 Å². The maximum Gasteiger partial charge on any atom is 0.281 e. The lowest BCUT2D eigenvalue weighted by Gasteiger charge is -2.27. The largest absolute Gasteiger partial charge is 0.488 e. The third kappa shape index (κ3) is 5.97. The molecule has 0 unspecified atom stereocenters. The lowest BCUT2D eigenvalue weighted by molar-refractivity contribution is -0.136. The second-order valence-electron chi connectivity index (χ2n) is 7.87. The molecule has 0 aliphatic heterocycles. The van der Waals surface area contributed by atoms with Gasteiger partial charge in [-0.15, -0.1) is 0 Å². The zero-order valence-electron chi connectivity index (χ0n) is 18.9. The van der Waals surface area contributed by atoms with E-state index >= 15 is 0 Å². The Bertz CT molecular complexity index is 1340. The SMILES string of the molecule is O=C(N/N=C/c1ccc(OCc2ccc(Cl)c(Cl)c2)c(Br)c1)C(O)(c1ccccc1)c1ccccc1. The molecule has 0 saturated heterocycles. The van der Waals surface area contributed by atoms with Gasteiger partial charge >= 0.3 is 0 Å². The highest BCUT2D eigenvalue weighted by molar-refractivity contribution is 9.10. The summed E-state index contributed by atoms with van der Waals surface area (Å²) in [7, 11) is 0. The second-order valence-corrected chi connectivity index (χ2v) is 9.54. The van der Waals surface area contributed by atoms with E-state index in [4.69, 9.17) is 27.9 Å². The Morgan fingerprint density at radius 2 is 1.56 bits per heavy atom. The van der Waals surface area contributed by atoms with Crippen LogP contribution >= 0.6 is 39.1 Å². The predicted molar refractivity (Wildman–Crippen MR) is 147 cm³/mol. The second kappa shape index (κ2) is 11.7. The van der Waals surface area contributed by atoms with E-state index in [1.807, 2.05) is 18.2 Å². The van der Waals surface area contributed by atoms with Gasteiger partial charge in [-0.1, -0.05) is 89.9 Å². The van der Waals surface area contributed by atoms with Gasteiger partial charge in [0.15, 0.2) is 5.60 Å². The van der Waals surface area contributed by atoms with Crippen molar-refractivity contribution in [3.63, 3.8) is 0 Å². The number of carbonyl (C=O) groups excluding carboxylic acids is 1. The van der Waals surface area contributed by atoms with Gasteiger partial charge in [-0.25, -0.2) is 5.43 Å². The van der Waals surface area contributed by atoms with Crippen molar-refractivity contribution in [1.82, 2.24) is 5.43 Å². The maximum atomic E-state index is 13.1. The Kier molecular flexibility index (Phi) is 8.44. The first-order valence-corrected chi connectivity index (χ1v) is 12.5. The summed E-state index contributed by atoms with van der Waals surface area (Å²) in [5.41, 5.74) is 3.05. The van der Waals surface area contributed by atoms with Crippen molar-refractivity contribution in [3.8, 4) is 5.75 Å². The van der Waals surface area contributed by atoms with Crippen molar-refractivity contribution in [2.24, 2.45) is 5.10 Å². The molecular formula is C28H21BrCl2N2O3. The number of hydrazone groups is 1. The monoisotopic (exact) mass is 582 g/mol. The highest BCUT2D eigenvalue weighted by atomic mass is 79.9. The smallest absolute Gasteiger partial charge is 0.281 e. The molecule has 0 bridgehead atoms. The highest BCUT2D eigenvalue weighted by Gasteiger charge is 2.39. The molecule has 0 saturated carbocycles. The third-order valence-electron chi connectivity index (χ3n) is 5.43. The van der Waals surface area contributed by atoms with Crippen LogP contribution in [0.3, 0.4) is 0 Å². The van der Waals surface area contributed by atoms with E-state index in [0.29, 0.717) is 43.6 Å². The molecule has 8 heteroatoms. The quantitative estimate of drug-likeness (QED) is 0.179. The lowest BCUT2D eigenvalue weighted by Crippen LogP contribution is -2.43. The predicted octanol–water partition coefficient (Wildman–Crippen LogP) is 6.72. The van der Waals surface area contributed by atoms with E-state index < -0.39 is 11.5 Å². The zero-order chi connectivity index (χ0) is 25.5. The minimum Gasteiger partial charge on any atom is -0.488 e. The van der Waals surface area contributed by atoms with E-state index in [0.717, 1.165) is 5.56 Å². The number of benzene rings is 4. The van der Waals surface area contributed by atoms with Crippen LogP contribution in [0, 0.1) is 0 Å². The maximum absolute atomic E-state index is 13.1. The van der Waals surface area contributed by atoms with E-state index in [2.05, 4.69) is 26.5 Å². The molecule has 1 amide bonds. The minimum absolute atomic E-state index is 0.316. The van der Waals surface area contributed by atoms with Crippen LogP contribution in [0.5, 0.6) is 5.75 Å². The van der Waals surface area contributed by atoms with E-state index in [1.54, 1.807) is 78.9 Å². The number of hydrogen-bond donors (Lipinski definition) is 2. The van der Waals surface area contributed by atoms with Gasteiger partial charge in [0.1, 0.15) is 12.4 Å². The van der Waals surface area contributed by atoms with Crippen LogP contribution in [0.4, 0.5) is 0 Å². The zero-order valence-corrected chi connectivity index (χ0v) is 22.0.